The molecular weight excluding hydrogens is 456 g/mol. The molecule has 0 spiro atoms. The van der Waals surface area contributed by atoms with Crippen LogP contribution in [0, 0.1) is 0 Å². The van der Waals surface area contributed by atoms with Gasteiger partial charge >= 0.3 is 0 Å². The Hall–Kier alpha value is -4.68. The van der Waals surface area contributed by atoms with Crippen molar-refractivity contribution < 1.29 is 0 Å². The van der Waals surface area contributed by atoms with Crippen molar-refractivity contribution >= 4 is 37.9 Å². The van der Waals surface area contributed by atoms with E-state index in [4.69, 9.17) is 0 Å². The molecule has 38 heavy (non-hydrogen) atoms. The SMILES string of the molecule is C=C/C(=C\C(C)=C/C)c1c2ccccc2c(-c2ccc3cccc(-c4ccccc4)c3c2)c2ccccc12. The number of fused-ring (bicyclic) bond motifs is 3. The van der Waals surface area contributed by atoms with Crippen molar-refractivity contribution in [3.05, 3.63) is 151 Å². The van der Waals surface area contributed by atoms with Crippen LogP contribution in [0.3, 0.4) is 0 Å². The van der Waals surface area contributed by atoms with Gasteiger partial charge in [-0.2, -0.15) is 0 Å². The van der Waals surface area contributed by atoms with E-state index in [-0.39, 0.29) is 0 Å². The average molecular weight is 487 g/mol. The Morgan fingerprint density at radius 1 is 0.605 bits per heavy atom. The summed E-state index contributed by atoms with van der Waals surface area (Å²) in [5, 5.41) is 7.51. The topological polar surface area (TPSA) is 0 Å². The summed E-state index contributed by atoms with van der Waals surface area (Å²) in [4.78, 5) is 0. The van der Waals surface area contributed by atoms with Crippen molar-refractivity contribution in [1.29, 1.82) is 0 Å². The van der Waals surface area contributed by atoms with Gasteiger partial charge in [0, 0.05) is 0 Å². The second kappa shape index (κ2) is 10.00. The lowest BCUT2D eigenvalue weighted by atomic mass is 9.84. The highest BCUT2D eigenvalue weighted by molar-refractivity contribution is 6.20. The maximum atomic E-state index is 4.20. The fourth-order valence-electron chi connectivity index (χ4n) is 5.61. The summed E-state index contributed by atoms with van der Waals surface area (Å²) in [5.41, 5.74) is 8.60. The molecule has 0 fully saturated rings. The van der Waals surface area contributed by atoms with Crippen molar-refractivity contribution in [2.45, 2.75) is 13.8 Å². The van der Waals surface area contributed by atoms with Gasteiger partial charge in [-0.25, -0.2) is 0 Å². The minimum absolute atomic E-state index is 1.14. The first kappa shape index (κ1) is 23.7. The Morgan fingerprint density at radius 2 is 1.24 bits per heavy atom. The van der Waals surface area contributed by atoms with E-state index >= 15 is 0 Å². The van der Waals surface area contributed by atoms with E-state index in [9.17, 15) is 0 Å². The van der Waals surface area contributed by atoms with E-state index in [2.05, 4.69) is 148 Å². The molecule has 0 N–H and O–H groups in total. The number of hydrogen-bond acceptors (Lipinski definition) is 0. The fourth-order valence-corrected chi connectivity index (χ4v) is 5.61. The van der Waals surface area contributed by atoms with Crippen molar-refractivity contribution in [3.8, 4) is 22.3 Å². The molecule has 0 unspecified atom stereocenters. The van der Waals surface area contributed by atoms with Gasteiger partial charge in [-0.05, 0) is 85.6 Å². The predicted molar refractivity (Wildman–Crippen MR) is 167 cm³/mol. The Kier molecular flexibility index (Phi) is 6.23. The maximum Gasteiger partial charge on any atom is -0.00261 e. The highest BCUT2D eigenvalue weighted by Crippen LogP contribution is 2.43. The second-order valence-electron chi connectivity index (χ2n) is 9.79. The van der Waals surface area contributed by atoms with E-state index in [1.54, 1.807) is 0 Å². The molecule has 0 saturated heterocycles. The first-order chi connectivity index (χ1) is 18.7. The normalized spacial score (nSPS) is 12.4. The highest BCUT2D eigenvalue weighted by Gasteiger charge is 2.17. The molecule has 0 aromatic heterocycles. The van der Waals surface area contributed by atoms with Crippen LogP contribution >= 0.6 is 0 Å². The van der Waals surface area contributed by atoms with Crippen molar-refractivity contribution in [2.75, 3.05) is 0 Å². The molecule has 0 aliphatic heterocycles. The van der Waals surface area contributed by atoms with Crippen LogP contribution in [-0.2, 0) is 0 Å². The van der Waals surface area contributed by atoms with Crippen LogP contribution in [0.15, 0.2) is 146 Å². The largest absolute Gasteiger partial charge is 0.0984 e. The van der Waals surface area contributed by atoms with E-state index in [1.807, 2.05) is 6.08 Å². The molecule has 0 radical (unpaired) electrons. The van der Waals surface area contributed by atoms with Gasteiger partial charge in [0.15, 0.2) is 0 Å². The van der Waals surface area contributed by atoms with Gasteiger partial charge in [0.1, 0.15) is 0 Å². The quantitative estimate of drug-likeness (QED) is 0.168. The first-order valence-corrected chi connectivity index (χ1v) is 13.2. The highest BCUT2D eigenvalue weighted by atomic mass is 14.2. The van der Waals surface area contributed by atoms with Crippen LogP contribution in [-0.4, -0.2) is 0 Å². The van der Waals surface area contributed by atoms with Gasteiger partial charge in [0.25, 0.3) is 0 Å². The minimum Gasteiger partial charge on any atom is -0.0984 e. The van der Waals surface area contributed by atoms with Crippen molar-refractivity contribution in [1.82, 2.24) is 0 Å². The maximum absolute atomic E-state index is 4.20. The zero-order chi connectivity index (χ0) is 26.1. The summed E-state index contributed by atoms with van der Waals surface area (Å²) < 4.78 is 0. The molecule has 0 atom stereocenters. The smallest absolute Gasteiger partial charge is 0.00261 e. The summed E-state index contributed by atoms with van der Waals surface area (Å²) in [5.74, 6) is 0. The third-order valence-corrected chi connectivity index (χ3v) is 7.53. The standard InChI is InChI=1S/C38H30/c1-4-26(3)24-27(5-2)37-32-17-9-11-19-34(32)38(35-20-12-10-18-33(35)37)30-23-22-29-16-13-21-31(36(29)25-30)28-14-7-6-8-15-28/h4-25H,2H2,1,3H3/b26-4-,27-24+. The van der Waals surface area contributed by atoms with Crippen LogP contribution < -0.4 is 0 Å². The molecule has 0 heterocycles. The molecular formula is C38H30. The van der Waals surface area contributed by atoms with Crippen LogP contribution in [0.25, 0.3) is 60.1 Å². The van der Waals surface area contributed by atoms with Crippen LogP contribution in [0.1, 0.15) is 19.4 Å². The van der Waals surface area contributed by atoms with Gasteiger partial charge in [-0.3, -0.25) is 0 Å². The van der Waals surface area contributed by atoms with Crippen LogP contribution in [0.5, 0.6) is 0 Å². The third kappa shape index (κ3) is 4.05. The fraction of sp³-hybridized carbons (Fsp3) is 0.0526. The Labute approximate surface area is 224 Å². The molecule has 182 valence electrons. The van der Waals surface area contributed by atoms with Gasteiger partial charge in [0.05, 0.1) is 0 Å². The lowest BCUT2D eigenvalue weighted by Crippen LogP contribution is -1.93. The molecule has 6 aromatic rings. The van der Waals surface area contributed by atoms with Gasteiger partial charge in [0.2, 0.25) is 0 Å². The molecule has 6 aromatic carbocycles. The van der Waals surface area contributed by atoms with E-state index in [1.165, 1.54) is 65.7 Å². The summed E-state index contributed by atoms with van der Waals surface area (Å²) in [6.45, 7) is 8.42. The minimum atomic E-state index is 1.14. The summed E-state index contributed by atoms with van der Waals surface area (Å²) in [6.07, 6.45) is 6.37. The number of allylic oxidation sites excluding steroid dienone is 5. The van der Waals surface area contributed by atoms with Crippen molar-refractivity contribution in [3.63, 3.8) is 0 Å². The number of hydrogen-bond donors (Lipinski definition) is 0. The number of rotatable bonds is 5. The molecule has 0 aliphatic rings. The second-order valence-corrected chi connectivity index (χ2v) is 9.79. The molecule has 0 heteroatoms. The van der Waals surface area contributed by atoms with Gasteiger partial charge < -0.3 is 0 Å². The van der Waals surface area contributed by atoms with Gasteiger partial charge in [-0.15, -0.1) is 0 Å². The zero-order valence-electron chi connectivity index (χ0n) is 21.9. The number of benzene rings is 6. The Bertz CT molecular complexity index is 1820. The molecule has 0 bridgehead atoms. The van der Waals surface area contributed by atoms with Gasteiger partial charge in [-0.1, -0.05) is 140 Å². The van der Waals surface area contributed by atoms with Crippen molar-refractivity contribution in [2.24, 2.45) is 0 Å². The zero-order valence-corrected chi connectivity index (χ0v) is 21.9. The molecule has 0 nitrogen and oxygen atoms in total. The average Bonchev–Trinajstić information content (AvgIpc) is 2.98. The Morgan fingerprint density at radius 3 is 1.87 bits per heavy atom. The monoisotopic (exact) mass is 486 g/mol. The predicted octanol–water partition coefficient (Wildman–Crippen LogP) is 11.0. The summed E-state index contributed by atoms with van der Waals surface area (Å²) in [6, 6.07) is 41.8. The summed E-state index contributed by atoms with van der Waals surface area (Å²) >= 11 is 0. The van der Waals surface area contributed by atoms with E-state index in [0.717, 1.165) is 5.57 Å². The van der Waals surface area contributed by atoms with E-state index < -0.39 is 0 Å². The Balaban J connectivity index is 1.71. The lowest BCUT2D eigenvalue weighted by molar-refractivity contribution is 1.48. The molecule has 0 amide bonds. The molecule has 0 saturated carbocycles. The summed E-state index contributed by atoms with van der Waals surface area (Å²) in [7, 11) is 0. The molecule has 0 aliphatic carbocycles. The molecule has 6 rings (SSSR count). The van der Waals surface area contributed by atoms with E-state index in [0.29, 0.717) is 0 Å². The van der Waals surface area contributed by atoms with Crippen LogP contribution in [0.4, 0.5) is 0 Å². The lowest BCUT2D eigenvalue weighted by Gasteiger charge is -2.19. The van der Waals surface area contributed by atoms with Crippen LogP contribution in [0.2, 0.25) is 0 Å². The third-order valence-electron chi connectivity index (χ3n) is 7.53. The first-order valence-electron chi connectivity index (χ1n) is 13.2.